The molecular weight excluding hydrogens is 286 g/mol. The summed E-state index contributed by atoms with van der Waals surface area (Å²) in [4.78, 5) is 18.0. The van der Waals surface area contributed by atoms with Gasteiger partial charge in [0.25, 0.3) is 0 Å². The Morgan fingerprint density at radius 2 is 2.29 bits per heavy atom. The van der Waals surface area contributed by atoms with Crippen molar-refractivity contribution >= 4 is 17.2 Å². The first kappa shape index (κ1) is 16.4. The van der Waals surface area contributed by atoms with Crippen molar-refractivity contribution in [3.63, 3.8) is 0 Å². The van der Waals surface area contributed by atoms with Crippen molar-refractivity contribution < 1.29 is 9.53 Å². The van der Waals surface area contributed by atoms with E-state index in [1.54, 1.807) is 18.4 Å². The molecule has 2 heterocycles. The second-order valence-corrected chi connectivity index (χ2v) is 6.29. The average molecular weight is 311 g/mol. The number of thiophene rings is 1. The number of carbonyl (C=O) groups is 1. The smallest absolute Gasteiger partial charge is 0.236 e. The van der Waals surface area contributed by atoms with E-state index in [0.717, 1.165) is 45.7 Å². The highest BCUT2D eigenvalue weighted by molar-refractivity contribution is 7.09. The lowest BCUT2D eigenvalue weighted by molar-refractivity contribution is -0.130. The number of hydrogen-bond donors (Lipinski definition) is 1. The average Bonchev–Trinajstić information content (AvgIpc) is 2.88. The van der Waals surface area contributed by atoms with E-state index in [2.05, 4.69) is 27.7 Å². The molecule has 1 N–H and O–H groups in total. The van der Waals surface area contributed by atoms with Crippen LogP contribution < -0.4 is 5.32 Å². The zero-order valence-electron chi connectivity index (χ0n) is 12.7. The lowest BCUT2D eigenvalue weighted by atomic mass is 10.3. The number of amides is 1. The molecule has 5 nitrogen and oxygen atoms in total. The summed E-state index contributed by atoms with van der Waals surface area (Å²) in [6.45, 7) is 6.50. The fourth-order valence-corrected chi connectivity index (χ4v) is 3.23. The van der Waals surface area contributed by atoms with Crippen LogP contribution in [0.1, 0.15) is 11.3 Å². The molecule has 1 aliphatic heterocycles. The van der Waals surface area contributed by atoms with Crippen LogP contribution in [0.5, 0.6) is 0 Å². The molecule has 1 fully saturated rings. The predicted octanol–water partition coefficient (Wildman–Crippen LogP) is 1.02. The van der Waals surface area contributed by atoms with E-state index in [4.69, 9.17) is 4.74 Å². The number of nitrogens with one attached hydrogen (secondary N) is 1. The SMILES string of the molecule is COCCNCC(=O)N1CCCN(Cc2cccs2)CC1. The van der Waals surface area contributed by atoms with Gasteiger partial charge in [-0.15, -0.1) is 11.3 Å². The Balaban J connectivity index is 1.71. The predicted molar refractivity (Wildman–Crippen MR) is 85.5 cm³/mol. The Kier molecular flexibility index (Phi) is 7.15. The number of nitrogens with zero attached hydrogens (tertiary/aromatic N) is 2. The highest BCUT2D eigenvalue weighted by Crippen LogP contribution is 2.13. The number of carbonyl (C=O) groups excluding carboxylic acids is 1. The molecule has 21 heavy (non-hydrogen) atoms. The Labute approximate surface area is 130 Å². The van der Waals surface area contributed by atoms with Crippen molar-refractivity contribution in [2.24, 2.45) is 0 Å². The summed E-state index contributed by atoms with van der Waals surface area (Å²) in [6.07, 6.45) is 1.05. The molecule has 0 bridgehead atoms. The Hall–Kier alpha value is -0.950. The van der Waals surface area contributed by atoms with Crippen molar-refractivity contribution in [3.8, 4) is 0 Å². The monoisotopic (exact) mass is 311 g/mol. The maximum Gasteiger partial charge on any atom is 0.236 e. The van der Waals surface area contributed by atoms with Crippen LogP contribution in [0.25, 0.3) is 0 Å². The summed E-state index contributed by atoms with van der Waals surface area (Å²) in [6, 6.07) is 4.28. The molecule has 0 saturated carbocycles. The summed E-state index contributed by atoms with van der Waals surface area (Å²) in [5, 5.41) is 5.24. The molecule has 118 valence electrons. The summed E-state index contributed by atoms with van der Waals surface area (Å²) in [5.74, 6) is 0.198. The van der Waals surface area contributed by atoms with Gasteiger partial charge in [-0.25, -0.2) is 0 Å². The highest BCUT2D eigenvalue weighted by Gasteiger charge is 2.18. The molecule has 0 spiro atoms. The summed E-state index contributed by atoms with van der Waals surface area (Å²) < 4.78 is 4.96. The Bertz CT molecular complexity index is 411. The van der Waals surface area contributed by atoms with E-state index in [1.165, 1.54) is 4.88 Å². The third-order valence-corrected chi connectivity index (χ3v) is 4.52. The molecule has 1 amide bonds. The molecule has 0 aliphatic carbocycles. The van der Waals surface area contributed by atoms with Crippen molar-refractivity contribution in [1.29, 1.82) is 0 Å². The molecule has 0 unspecified atom stereocenters. The topological polar surface area (TPSA) is 44.8 Å². The van der Waals surface area contributed by atoms with Crippen LogP contribution in [0.4, 0.5) is 0 Å². The van der Waals surface area contributed by atoms with Gasteiger partial charge in [0.2, 0.25) is 5.91 Å². The fourth-order valence-electron chi connectivity index (χ4n) is 2.48. The minimum atomic E-state index is 0.198. The molecule has 1 aliphatic rings. The lowest BCUT2D eigenvalue weighted by Crippen LogP contribution is -2.41. The summed E-state index contributed by atoms with van der Waals surface area (Å²) >= 11 is 1.80. The van der Waals surface area contributed by atoms with E-state index in [9.17, 15) is 4.79 Å². The minimum Gasteiger partial charge on any atom is -0.383 e. The van der Waals surface area contributed by atoms with Crippen molar-refractivity contribution in [1.82, 2.24) is 15.1 Å². The molecule has 0 aromatic carbocycles. The molecule has 1 aromatic rings. The van der Waals surface area contributed by atoms with E-state index in [1.807, 2.05) is 4.90 Å². The Morgan fingerprint density at radius 1 is 1.38 bits per heavy atom. The Morgan fingerprint density at radius 3 is 3.05 bits per heavy atom. The molecule has 0 atom stereocenters. The van der Waals surface area contributed by atoms with E-state index < -0.39 is 0 Å². The van der Waals surface area contributed by atoms with Gasteiger partial charge in [-0.05, 0) is 17.9 Å². The summed E-state index contributed by atoms with van der Waals surface area (Å²) in [7, 11) is 1.67. The van der Waals surface area contributed by atoms with Crippen molar-refractivity contribution in [2.75, 3.05) is 53.0 Å². The maximum absolute atomic E-state index is 12.1. The number of rotatable bonds is 7. The highest BCUT2D eigenvalue weighted by atomic mass is 32.1. The molecule has 1 saturated heterocycles. The minimum absolute atomic E-state index is 0.198. The van der Waals surface area contributed by atoms with Gasteiger partial charge >= 0.3 is 0 Å². The standard InChI is InChI=1S/C15H25N3O2S/c1-20-10-5-16-12-15(19)18-7-3-6-17(8-9-18)13-14-4-2-11-21-14/h2,4,11,16H,3,5-10,12-13H2,1H3. The lowest BCUT2D eigenvalue weighted by Gasteiger charge is -2.22. The van der Waals surface area contributed by atoms with Crippen molar-refractivity contribution in [3.05, 3.63) is 22.4 Å². The first-order chi connectivity index (χ1) is 10.3. The first-order valence-electron chi connectivity index (χ1n) is 7.52. The number of hydrogen-bond acceptors (Lipinski definition) is 5. The van der Waals surface area contributed by atoms with Gasteiger partial charge in [-0.3, -0.25) is 9.69 Å². The van der Waals surface area contributed by atoms with Crippen LogP contribution in [0.3, 0.4) is 0 Å². The summed E-state index contributed by atoms with van der Waals surface area (Å²) in [5.41, 5.74) is 0. The maximum atomic E-state index is 12.1. The normalized spacial score (nSPS) is 16.9. The zero-order valence-corrected chi connectivity index (χ0v) is 13.5. The van der Waals surface area contributed by atoms with Crippen LogP contribution >= 0.6 is 11.3 Å². The van der Waals surface area contributed by atoms with Crippen LogP contribution in [-0.2, 0) is 16.1 Å². The van der Waals surface area contributed by atoms with Crippen molar-refractivity contribution in [2.45, 2.75) is 13.0 Å². The molecule has 6 heteroatoms. The van der Waals surface area contributed by atoms with E-state index in [0.29, 0.717) is 13.2 Å². The van der Waals surface area contributed by atoms with Crippen LogP contribution in [0, 0.1) is 0 Å². The fraction of sp³-hybridized carbons (Fsp3) is 0.667. The van der Waals surface area contributed by atoms with Gasteiger partial charge in [-0.2, -0.15) is 0 Å². The second kappa shape index (κ2) is 9.15. The zero-order chi connectivity index (χ0) is 14.9. The van der Waals surface area contributed by atoms with Crippen LogP contribution in [-0.4, -0.2) is 68.7 Å². The second-order valence-electron chi connectivity index (χ2n) is 5.26. The molecule has 1 aromatic heterocycles. The molecular formula is C15H25N3O2S. The first-order valence-corrected chi connectivity index (χ1v) is 8.39. The largest absolute Gasteiger partial charge is 0.383 e. The van der Waals surface area contributed by atoms with Gasteiger partial charge in [0.1, 0.15) is 0 Å². The third-order valence-electron chi connectivity index (χ3n) is 3.66. The van der Waals surface area contributed by atoms with Gasteiger partial charge in [0.15, 0.2) is 0 Å². The van der Waals surface area contributed by atoms with E-state index in [-0.39, 0.29) is 5.91 Å². The van der Waals surface area contributed by atoms with Gasteiger partial charge < -0.3 is 15.0 Å². The van der Waals surface area contributed by atoms with Crippen LogP contribution in [0.2, 0.25) is 0 Å². The number of methoxy groups -OCH3 is 1. The van der Waals surface area contributed by atoms with Gasteiger partial charge in [-0.1, -0.05) is 6.07 Å². The quantitative estimate of drug-likeness (QED) is 0.764. The molecule has 0 radical (unpaired) electrons. The van der Waals surface area contributed by atoms with Gasteiger partial charge in [0, 0.05) is 51.3 Å². The number of ether oxygens (including phenoxy) is 1. The molecule has 2 rings (SSSR count). The van der Waals surface area contributed by atoms with Crippen LogP contribution in [0.15, 0.2) is 17.5 Å². The third kappa shape index (κ3) is 5.74. The van der Waals surface area contributed by atoms with E-state index >= 15 is 0 Å². The van der Waals surface area contributed by atoms with Gasteiger partial charge in [0.05, 0.1) is 13.2 Å².